The maximum atomic E-state index is 11.0. The lowest BCUT2D eigenvalue weighted by atomic mass is 10.1. The number of hydrogen-bond donors (Lipinski definition) is 2. The molecule has 0 amide bonds. The van der Waals surface area contributed by atoms with Gasteiger partial charge in [0, 0.05) is 32.0 Å². The van der Waals surface area contributed by atoms with E-state index in [9.17, 15) is 4.79 Å². The Labute approximate surface area is 215 Å². The van der Waals surface area contributed by atoms with Gasteiger partial charge in [-0.05, 0) is 48.6 Å². The molecule has 7 nitrogen and oxygen atoms in total. The van der Waals surface area contributed by atoms with Crippen molar-refractivity contribution in [1.82, 2.24) is 19.9 Å². The normalized spacial score (nSPS) is 14.8. The number of fused-ring (bicyclic) bond motifs is 1. The summed E-state index contributed by atoms with van der Waals surface area (Å²) < 4.78 is 1.22. The van der Waals surface area contributed by atoms with Crippen LogP contribution in [-0.2, 0) is 24.1 Å². The summed E-state index contributed by atoms with van der Waals surface area (Å²) in [6, 6.07) is 19.2. The quantitative estimate of drug-likeness (QED) is 0.341. The van der Waals surface area contributed by atoms with Gasteiger partial charge in [-0.2, -0.15) is 0 Å². The highest BCUT2D eigenvalue weighted by Crippen LogP contribution is 2.26. The number of rotatable bonds is 9. The second-order valence-corrected chi connectivity index (χ2v) is 10.5. The molecule has 0 bridgehead atoms. The van der Waals surface area contributed by atoms with Crippen molar-refractivity contribution in [2.45, 2.75) is 45.1 Å². The van der Waals surface area contributed by atoms with Crippen molar-refractivity contribution >= 4 is 33.5 Å². The molecule has 2 aromatic heterocycles. The molecule has 1 saturated heterocycles. The summed E-state index contributed by atoms with van der Waals surface area (Å²) in [6.07, 6.45) is 4.15. The number of thiazole rings is 1. The number of nitrogens with zero attached hydrogens (tertiary/aromatic N) is 4. The van der Waals surface area contributed by atoms with Gasteiger partial charge in [0.15, 0.2) is 0 Å². The van der Waals surface area contributed by atoms with E-state index in [1.807, 2.05) is 23.1 Å². The summed E-state index contributed by atoms with van der Waals surface area (Å²) in [5.41, 5.74) is 5.51. The standard InChI is InChI=1S/C28H31N5O2S/c1-2-19-8-9-24-25(15-19)36-26(32-24)17-23-16-22(14-20-6-4-3-5-7-20)30-28(31-23)29-21-10-12-33(13-11-21)18-27(34)35/h3-9,15-16,21H,2,10-14,17-18H2,1H3,(H,34,35)(H,29,30,31). The number of carboxylic acids is 1. The number of likely N-dealkylation sites (tertiary alicyclic amines) is 1. The number of anilines is 1. The lowest BCUT2D eigenvalue weighted by Gasteiger charge is -2.31. The van der Waals surface area contributed by atoms with E-state index in [0.29, 0.717) is 12.4 Å². The van der Waals surface area contributed by atoms with Crippen LogP contribution in [-0.4, -0.2) is 56.6 Å². The fourth-order valence-electron chi connectivity index (χ4n) is 4.68. The Morgan fingerprint density at radius 2 is 1.75 bits per heavy atom. The number of nitrogens with one attached hydrogen (secondary N) is 1. The molecular weight excluding hydrogens is 470 g/mol. The molecule has 2 aromatic carbocycles. The van der Waals surface area contributed by atoms with Crippen LogP contribution < -0.4 is 5.32 Å². The third kappa shape index (κ3) is 6.25. The average molecular weight is 502 g/mol. The van der Waals surface area contributed by atoms with Crippen LogP contribution in [0.3, 0.4) is 0 Å². The van der Waals surface area contributed by atoms with Crippen LogP contribution in [0.5, 0.6) is 0 Å². The highest BCUT2D eigenvalue weighted by molar-refractivity contribution is 7.18. The number of piperidine rings is 1. The van der Waals surface area contributed by atoms with Gasteiger partial charge in [0.05, 0.1) is 33.2 Å². The Morgan fingerprint density at radius 1 is 1.00 bits per heavy atom. The first-order chi connectivity index (χ1) is 17.5. The molecule has 0 atom stereocenters. The number of carboxylic acid groups (broad SMARTS) is 1. The lowest BCUT2D eigenvalue weighted by Crippen LogP contribution is -2.41. The molecule has 186 valence electrons. The Balaban J connectivity index is 1.36. The Morgan fingerprint density at radius 3 is 2.47 bits per heavy atom. The van der Waals surface area contributed by atoms with Crippen LogP contribution in [0.25, 0.3) is 10.2 Å². The topological polar surface area (TPSA) is 91.2 Å². The summed E-state index contributed by atoms with van der Waals surface area (Å²) >= 11 is 1.73. The summed E-state index contributed by atoms with van der Waals surface area (Å²) in [7, 11) is 0. The first kappa shape index (κ1) is 24.3. The first-order valence-corrected chi connectivity index (χ1v) is 13.4. The maximum absolute atomic E-state index is 11.0. The minimum Gasteiger partial charge on any atom is -0.480 e. The van der Waals surface area contributed by atoms with E-state index in [-0.39, 0.29) is 12.6 Å². The molecule has 3 heterocycles. The van der Waals surface area contributed by atoms with Crippen molar-refractivity contribution in [2.24, 2.45) is 0 Å². The zero-order chi connectivity index (χ0) is 24.9. The number of benzene rings is 2. The predicted octanol–water partition coefficient (Wildman–Crippen LogP) is 4.79. The van der Waals surface area contributed by atoms with Crippen LogP contribution in [0, 0.1) is 0 Å². The maximum Gasteiger partial charge on any atom is 0.317 e. The van der Waals surface area contributed by atoms with Crippen molar-refractivity contribution in [3.8, 4) is 0 Å². The monoisotopic (exact) mass is 501 g/mol. The largest absolute Gasteiger partial charge is 0.480 e. The van der Waals surface area contributed by atoms with Crippen LogP contribution in [0.1, 0.15) is 47.3 Å². The van der Waals surface area contributed by atoms with Crippen molar-refractivity contribution in [1.29, 1.82) is 0 Å². The van der Waals surface area contributed by atoms with Crippen molar-refractivity contribution in [3.05, 3.63) is 82.1 Å². The van der Waals surface area contributed by atoms with Crippen LogP contribution >= 0.6 is 11.3 Å². The molecule has 1 fully saturated rings. The fourth-order valence-corrected chi connectivity index (χ4v) is 5.73. The summed E-state index contributed by atoms with van der Waals surface area (Å²) in [4.78, 5) is 27.6. The van der Waals surface area contributed by atoms with Gasteiger partial charge < -0.3 is 10.4 Å². The molecule has 2 N–H and O–H groups in total. The number of hydrogen-bond acceptors (Lipinski definition) is 7. The molecule has 8 heteroatoms. The van der Waals surface area contributed by atoms with E-state index in [0.717, 1.165) is 60.7 Å². The minimum atomic E-state index is -0.774. The third-order valence-corrected chi connectivity index (χ3v) is 7.60. The van der Waals surface area contributed by atoms with Gasteiger partial charge in [-0.15, -0.1) is 11.3 Å². The molecule has 0 spiro atoms. The molecule has 0 radical (unpaired) electrons. The van der Waals surface area contributed by atoms with E-state index in [4.69, 9.17) is 20.1 Å². The molecule has 5 rings (SSSR count). The predicted molar refractivity (Wildman–Crippen MR) is 144 cm³/mol. The zero-order valence-electron chi connectivity index (χ0n) is 20.5. The fraction of sp³-hybridized carbons (Fsp3) is 0.357. The van der Waals surface area contributed by atoms with Gasteiger partial charge in [-0.1, -0.05) is 43.3 Å². The summed E-state index contributed by atoms with van der Waals surface area (Å²) in [5.74, 6) is -0.131. The first-order valence-electron chi connectivity index (χ1n) is 12.5. The van der Waals surface area contributed by atoms with Gasteiger partial charge in [0.1, 0.15) is 0 Å². The summed E-state index contributed by atoms with van der Waals surface area (Å²) in [6.45, 7) is 3.78. The molecule has 1 aliphatic heterocycles. The SMILES string of the molecule is CCc1ccc2nc(Cc3cc(Cc4ccccc4)nc(NC4CCN(CC(=O)O)CC4)n3)sc2c1. The van der Waals surface area contributed by atoms with Gasteiger partial charge in [-0.25, -0.2) is 15.0 Å². The average Bonchev–Trinajstić information content (AvgIpc) is 3.26. The van der Waals surface area contributed by atoms with Gasteiger partial charge >= 0.3 is 5.97 Å². The zero-order valence-corrected chi connectivity index (χ0v) is 21.3. The van der Waals surface area contributed by atoms with E-state index in [1.54, 1.807) is 11.3 Å². The third-order valence-electron chi connectivity index (χ3n) is 6.58. The van der Waals surface area contributed by atoms with Gasteiger partial charge in [0.25, 0.3) is 0 Å². The minimum absolute atomic E-state index is 0.0991. The van der Waals surface area contributed by atoms with E-state index in [2.05, 4.69) is 48.6 Å². The van der Waals surface area contributed by atoms with Gasteiger partial charge in [0.2, 0.25) is 5.95 Å². The van der Waals surface area contributed by atoms with Crippen molar-refractivity contribution < 1.29 is 9.90 Å². The number of aryl methyl sites for hydroxylation is 1. The van der Waals surface area contributed by atoms with Crippen LogP contribution in [0.2, 0.25) is 0 Å². The smallest absolute Gasteiger partial charge is 0.317 e. The number of carbonyl (C=O) groups is 1. The number of aliphatic carboxylic acids is 1. The Bertz CT molecular complexity index is 1330. The van der Waals surface area contributed by atoms with Crippen molar-refractivity contribution in [2.75, 3.05) is 25.0 Å². The van der Waals surface area contributed by atoms with E-state index in [1.165, 1.54) is 15.8 Å². The molecule has 0 saturated carbocycles. The molecule has 4 aromatic rings. The lowest BCUT2D eigenvalue weighted by molar-refractivity contribution is -0.138. The van der Waals surface area contributed by atoms with Crippen LogP contribution in [0.4, 0.5) is 5.95 Å². The molecule has 0 unspecified atom stereocenters. The number of aromatic nitrogens is 3. The molecule has 1 aliphatic rings. The highest BCUT2D eigenvalue weighted by atomic mass is 32.1. The van der Waals surface area contributed by atoms with Crippen LogP contribution in [0.15, 0.2) is 54.6 Å². The van der Waals surface area contributed by atoms with E-state index >= 15 is 0 Å². The Hall–Kier alpha value is -3.36. The van der Waals surface area contributed by atoms with Crippen molar-refractivity contribution in [3.63, 3.8) is 0 Å². The second-order valence-electron chi connectivity index (χ2n) is 9.37. The molecular formula is C28H31N5O2S. The summed E-state index contributed by atoms with van der Waals surface area (Å²) in [5, 5.41) is 13.6. The molecule has 36 heavy (non-hydrogen) atoms. The highest BCUT2D eigenvalue weighted by Gasteiger charge is 2.21. The molecule has 0 aliphatic carbocycles. The Kier molecular flexibility index (Phi) is 7.53. The van der Waals surface area contributed by atoms with E-state index < -0.39 is 5.97 Å². The van der Waals surface area contributed by atoms with Gasteiger partial charge in [-0.3, -0.25) is 9.69 Å². The second kappa shape index (κ2) is 11.1.